The summed E-state index contributed by atoms with van der Waals surface area (Å²) >= 11 is 0. The molecule has 29 heavy (non-hydrogen) atoms. The van der Waals surface area contributed by atoms with Gasteiger partial charge in [0, 0.05) is 5.41 Å². The van der Waals surface area contributed by atoms with Crippen LogP contribution in [0.3, 0.4) is 0 Å². The second-order valence-electron chi connectivity index (χ2n) is 8.96. The quantitative estimate of drug-likeness (QED) is 0.528. The predicted octanol–water partition coefficient (Wildman–Crippen LogP) is 0.649. The zero-order chi connectivity index (χ0) is 21.7. The number of alkyl halides is 1. The van der Waals surface area contributed by atoms with Crippen LogP contribution in [-0.2, 0) is 39.1 Å². The first-order valence-corrected chi connectivity index (χ1v) is 13.0. The van der Waals surface area contributed by atoms with Gasteiger partial charge in [-0.15, -0.1) is 4.13 Å². The first-order valence-electron chi connectivity index (χ1n) is 9.44. The van der Waals surface area contributed by atoms with E-state index in [4.69, 9.17) is 9.47 Å². The lowest BCUT2D eigenvalue weighted by Crippen LogP contribution is -2.59. The molecule has 3 unspecified atom stereocenters. The number of halogens is 1. The van der Waals surface area contributed by atoms with Gasteiger partial charge in [0.1, 0.15) is 5.60 Å². The minimum Gasteiger partial charge on any atom is -0.463 e. The zero-order valence-electron chi connectivity index (χ0n) is 16.3. The normalized spacial score (nSPS) is 34.6. The van der Waals surface area contributed by atoms with E-state index in [0.717, 1.165) is 26.2 Å². The van der Waals surface area contributed by atoms with Gasteiger partial charge in [0.15, 0.2) is 11.9 Å². The molecule has 0 radical (unpaired) electrons. The second-order valence-corrected chi connectivity index (χ2v) is 12.7. The Morgan fingerprint density at radius 1 is 1.14 bits per heavy atom. The lowest BCUT2D eigenvalue weighted by Gasteiger charge is -2.60. The minimum atomic E-state index is -4.39. The molecule has 0 aromatic heterocycles. The van der Waals surface area contributed by atoms with E-state index in [1.165, 1.54) is 4.13 Å². The molecule has 0 spiro atoms. The van der Waals surface area contributed by atoms with Crippen molar-refractivity contribution in [1.29, 1.82) is 0 Å². The zero-order valence-corrected chi connectivity index (χ0v) is 18.0. The van der Waals surface area contributed by atoms with Gasteiger partial charge >= 0.3 is 11.9 Å². The Kier molecular flexibility index (Phi) is 5.76. The first-order chi connectivity index (χ1) is 13.2. The number of hydrogen-bond acceptors (Lipinski definition) is 8. The van der Waals surface area contributed by atoms with Gasteiger partial charge in [0.2, 0.25) is 20.0 Å². The van der Waals surface area contributed by atoms with Crippen molar-refractivity contribution in [1.82, 2.24) is 4.13 Å². The highest BCUT2D eigenvalue weighted by Gasteiger charge is 2.60. The van der Waals surface area contributed by atoms with Crippen LogP contribution in [0.1, 0.15) is 45.4 Å². The number of carbonyl (C=O) groups is 2. The van der Waals surface area contributed by atoms with E-state index in [-0.39, 0.29) is 18.4 Å². The fraction of sp³-hybridized carbons (Fsp3) is 0.882. The average Bonchev–Trinajstić information content (AvgIpc) is 2.47. The third-order valence-electron chi connectivity index (χ3n) is 5.89. The van der Waals surface area contributed by atoms with E-state index >= 15 is 0 Å². The number of rotatable bonds is 8. The molecule has 4 rings (SSSR count). The molecule has 4 fully saturated rings. The van der Waals surface area contributed by atoms with Gasteiger partial charge < -0.3 is 9.47 Å². The van der Waals surface area contributed by atoms with Gasteiger partial charge in [-0.05, 0) is 57.3 Å². The third-order valence-corrected chi connectivity index (χ3v) is 8.73. The minimum absolute atomic E-state index is 0.0420. The van der Waals surface area contributed by atoms with Gasteiger partial charge in [-0.2, -0.15) is 0 Å². The van der Waals surface area contributed by atoms with Crippen LogP contribution in [0.5, 0.6) is 0 Å². The maximum atomic E-state index is 13.1. The molecule has 0 aromatic rings. The first kappa shape index (κ1) is 22.4. The standard InChI is InChI=1S/C17H26FNO8S2/c1-11(18)15(21)26-10-16-4-12-3-13(5-16)7-17(6-12,9-16)27-14(20)8-29(24,25)19-28(2,22)23/h11-13,19H,3-10H2,1-2H3. The number of hydrogen-bond donors (Lipinski definition) is 1. The van der Waals surface area contributed by atoms with Crippen molar-refractivity contribution in [2.24, 2.45) is 17.3 Å². The van der Waals surface area contributed by atoms with Gasteiger partial charge in [-0.1, -0.05) is 0 Å². The molecular formula is C17H26FNO8S2. The van der Waals surface area contributed by atoms with Gasteiger partial charge in [-0.25, -0.2) is 26.0 Å². The molecular weight excluding hydrogens is 429 g/mol. The van der Waals surface area contributed by atoms with Crippen molar-refractivity contribution >= 4 is 32.0 Å². The van der Waals surface area contributed by atoms with Crippen LogP contribution in [0.15, 0.2) is 0 Å². The maximum absolute atomic E-state index is 13.1. The van der Waals surface area contributed by atoms with Gasteiger partial charge in [0.25, 0.3) is 0 Å². The Morgan fingerprint density at radius 3 is 2.24 bits per heavy atom. The molecule has 166 valence electrons. The Morgan fingerprint density at radius 2 is 1.72 bits per heavy atom. The SMILES string of the molecule is CC(F)C(=O)OCC12CC3CC(C1)CC(OC(=O)CS(=O)(=O)NS(C)(=O)=O)(C3)C2. The van der Waals surface area contributed by atoms with Gasteiger partial charge in [0.05, 0.1) is 12.9 Å². The van der Waals surface area contributed by atoms with Crippen molar-refractivity contribution < 1.29 is 40.3 Å². The summed E-state index contributed by atoms with van der Waals surface area (Å²) < 4.78 is 71.3. The van der Waals surface area contributed by atoms with E-state index < -0.39 is 54.9 Å². The molecule has 4 aliphatic rings. The number of sulfonamides is 2. The Labute approximate surface area is 169 Å². The summed E-state index contributed by atoms with van der Waals surface area (Å²) in [5.74, 6) is -2.55. The molecule has 4 bridgehead atoms. The summed E-state index contributed by atoms with van der Waals surface area (Å²) in [4.78, 5) is 23.9. The van der Waals surface area contributed by atoms with Crippen LogP contribution in [0, 0.1) is 17.3 Å². The summed E-state index contributed by atoms with van der Waals surface area (Å²) in [6.45, 7) is 1.15. The molecule has 3 atom stereocenters. The summed E-state index contributed by atoms with van der Waals surface area (Å²) in [7, 11) is -8.43. The second kappa shape index (κ2) is 7.45. The van der Waals surface area contributed by atoms with Gasteiger partial charge in [-0.3, -0.25) is 4.79 Å². The van der Waals surface area contributed by atoms with Crippen LogP contribution in [-0.4, -0.2) is 59.2 Å². The topological polar surface area (TPSA) is 133 Å². The summed E-state index contributed by atoms with van der Waals surface area (Å²) in [6, 6.07) is 0. The average molecular weight is 456 g/mol. The van der Waals surface area contributed by atoms with E-state index in [1.807, 2.05) is 0 Å². The highest BCUT2D eigenvalue weighted by atomic mass is 32.3. The van der Waals surface area contributed by atoms with Crippen LogP contribution < -0.4 is 4.13 Å². The van der Waals surface area contributed by atoms with Crippen molar-refractivity contribution in [3.05, 3.63) is 0 Å². The van der Waals surface area contributed by atoms with Crippen LogP contribution in [0.4, 0.5) is 4.39 Å². The largest absolute Gasteiger partial charge is 0.463 e. The Balaban J connectivity index is 1.69. The summed E-state index contributed by atoms with van der Waals surface area (Å²) in [6.07, 6.45) is 3.07. The lowest BCUT2D eigenvalue weighted by molar-refractivity contribution is -0.209. The molecule has 0 amide bonds. The fourth-order valence-corrected chi connectivity index (χ4v) is 8.13. The molecule has 1 N–H and O–H groups in total. The smallest absolute Gasteiger partial charge is 0.340 e. The number of ether oxygens (including phenoxy) is 2. The fourth-order valence-electron chi connectivity index (χ4n) is 5.68. The molecule has 4 aliphatic carbocycles. The number of nitrogens with one attached hydrogen (secondary N) is 1. The van der Waals surface area contributed by atoms with Crippen LogP contribution in [0.2, 0.25) is 0 Å². The molecule has 12 heteroatoms. The van der Waals surface area contributed by atoms with Crippen LogP contribution in [0.25, 0.3) is 0 Å². The predicted molar refractivity (Wildman–Crippen MR) is 99.2 cm³/mol. The molecule has 0 aliphatic heterocycles. The van der Waals surface area contributed by atoms with Crippen molar-refractivity contribution in [2.75, 3.05) is 18.6 Å². The van der Waals surface area contributed by atoms with E-state index in [2.05, 4.69) is 0 Å². The van der Waals surface area contributed by atoms with E-state index in [9.17, 15) is 30.8 Å². The molecule has 9 nitrogen and oxygen atoms in total. The van der Waals surface area contributed by atoms with E-state index in [0.29, 0.717) is 25.5 Å². The lowest BCUT2D eigenvalue weighted by atomic mass is 9.48. The molecule has 0 saturated heterocycles. The van der Waals surface area contributed by atoms with Crippen molar-refractivity contribution in [2.45, 2.75) is 57.2 Å². The van der Waals surface area contributed by atoms with E-state index in [1.54, 1.807) is 0 Å². The Hall–Kier alpha value is -1.27. The van der Waals surface area contributed by atoms with Crippen LogP contribution >= 0.6 is 0 Å². The highest BCUT2D eigenvalue weighted by molar-refractivity contribution is 8.04. The highest BCUT2D eigenvalue weighted by Crippen LogP contribution is 2.62. The Bertz CT molecular complexity index is 884. The summed E-state index contributed by atoms with van der Waals surface area (Å²) in [5, 5.41) is 0. The molecule has 0 aromatic carbocycles. The number of esters is 2. The number of carbonyl (C=O) groups excluding carboxylic acids is 2. The summed E-state index contributed by atoms with van der Waals surface area (Å²) in [5.41, 5.74) is -1.28. The third kappa shape index (κ3) is 5.46. The maximum Gasteiger partial charge on any atom is 0.340 e. The van der Waals surface area contributed by atoms with Crippen molar-refractivity contribution in [3.63, 3.8) is 0 Å². The monoisotopic (exact) mass is 455 g/mol. The molecule has 4 saturated carbocycles. The van der Waals surface area contributed by atoms with Crippen molar-refractivity contribution in [3.8, 4) is 0 Å². The molecule has 0 heterocycles.